The van der Waals surface area contributed by atoms with Gasteiger partial charge in [0.2, 0.25) is 0 Å². The molecule has 16 heavy (non-hydrogen) atoms. The van der Waals surface area contributed by atoms with Gasteiger partial charge in [0.1, 0.15) is 0 Å². The summed E-state index contributed by atoms with van der Waals surface area (Å²) in [6.07, 6.45) is 1.80. The van der Waals surface area contributed by atoms with E-state index < -0.39 is 0 Å². The molecule has 2 fully saturated rings. The Morgan fingerprint density at radius 2 is 1.81 bits per heavy atom. The van der Waals surface area contributed by atoms with Crippen LogP contribution in [0.15, 0.2) is 0 Å². The Hall–Kier alpha value is -0.240. The second-order valence-electron chi connectivity index (χ2n) is 4.48. The lowest BCUT2D eigenvalue weighted by Gasteiger charge is -2.42. The van der Waals surface area contributed by atoms with Crippen LogP contribution in [0.25, 0.3) is 0 Å². The van der Waals surface area contributed by atoms with Crippen LogP contribution in [0.2, 0.25) is 0 Å². The van der Waals surface area contributed by atoms with Gasteiger partial charge >= 0.3 is 0 Å². The topological polar surface area (TPSA) is 63.0 Å². The molecule has 0 bridgehead atoms. The van der Waals surface area contributed by atoms with Crippen molar-refractivity contribution in [3.63, 3.8) is 0 Å². The number of piperidine rings is 1. The number of ether oxygens (including phenoxy) is 1. The fraction of sp³-hybridized carbons (Fsp3) is 1.00. The molecule has 3 N–H and O–H groups in total. The second-order valence-corrected chi connectivity index (χ2v) is 4.48. The average Bonchev–Trinajstić information content (AvgIpc) is 2.31. The molecule has 0 aromatic heterocycles. The lowest BCUT2D eigenvalue weighted by Crippen LogP contribution is -2.65. The molecule has 0 aromatic rings. The Bertz CT molecular complexity index is 213. The van der Waals surface area contributed by atoms with Crippen molar-refractivity contribution < 1.29 is 9.57 Å². The first-order valence-electron chi connectivity index (χ1n) is 5.90. The van der Waals surface area contributed by atoms with Crippen LogP contribution in [0.5, 0.6) is 0 Å². The first-order chi connectivity index (χ1) is 7.72. The Kier molecular flexibility index (Phi) is 4.12. The fourth-order valence-electron chi connectivity index (χ4n) is 2.17. The van der Waals surface area contributed by atoms with E-state index in [0.717, 1.165) is 52.2 Å². The number of hydrazine groups is 1. The molecule has 2 heterocycles. The highest BCUT2D eigenvalue weighted by Crippen LogP contribution is 2.17. The van der Waals surface area contributed by atoms with Crippen molar-refractivity contribution in [3.05, 3.63) is 0 Å². The monoisotopic (exact) mass is 230 g/mol. The number of nitrogens with two attached hydrogens (primary N) is 1. The third kappa shape index (κ3) is 3.13. The highest BCUT2D eigenvalue weighted by Gasteiger charge is 2.32. The van der Waals surface area contributed by atoms with Crippen molar-refractivity contribution >= 4 is 0 Å². The predicted molar refractivity (Wildman–Crippen MR) is 60.3 cm³/mol. The number of nitrogens with zero attached hydrogens (tertiary/aromatic N) is 2. The summed E-state index contributed by atoms with van der Waals surface area (Å²) in [7, 11) is 1.71. The van der Waals surface area contributed by atoms with Gasteiger partial charge in [-0.15, -0.1) is 0 Å². The van der Waals surface area contributed by atoms with E-state index in [2.05, 4.69) is 10.4 Å². The summed E-state index contributed by atoms with van der Waals surface area (Å²) in [5.74, 6) is 0. The Balaban J connectivity index is 1.79. The number of morpholine rings is 1. The van der Waals surface area contributed by atoms with Gasteiger partial charge in [-0.3, -0.25) is 0 Å². The van der Waals surface area contributed by atoms with Gasteiger partial charge in [-0.2, -0.15) is 5.06 Å². The maximum Gasteiger partial charge on any atom is 0.0820 e. The van der Waals surface area contributed by atoms with E-state index >= 15 is 0 Å². The predicted octanol–water partition coefficient (Wildman–Crippen LogP) is -0.865. The van der Waals surface area contributed by atoms with Crippen molar-refractivity contribution in [1.82, 2.24) is 15.5 Å². The third-order valence-corrected chi connectivity index (χ3v) is 3.26. The van der Waals surface area contributed by atoms with Crippen LogP contribution in [0, 0.1) is 0 Å². The van der Waals surface area contributed by atoms with Crippen molar-refractivity contribution in [2.24, 2.45) is 5.73 Å². The number of hydroxylamine groups is 2. The molecule has 0 amide bonds. The van der Waals surface area contributed by atoms with Gasteiger partial charge in [-0.05, 0) is 12.8 Å². The summed E-state index contributed by atoms with van der Waals surface area (Å²) >= 11 is 0. The van der Waals surface area contributed by atoms with Crippen LogP contribution in [-0.4, -0.2) is 62.2 Å². The molecule has 2 aliphatic rings. The SMILES string of the molecule is CON1CCC(N)(NN2CCOCC2)CC1. The highest BCUT2D eigenvalue weighted by atomic mass is 16.7. The average molecular weight is 230 g/mol. The van der Waals surface area contributed by atoms with Crippen LogP contribution in [0.1, 0.15) is 12.8 Å². The standard InChI is InChI=1S/C10H22N4O2/c1-15-14-4-2-10(11,3-5-14)12-13-6-8-16-9-7-13/h12H,2-9,11H2,1H3. The molecule has 6 heteroatoms. The van der Waals surface area contributed by atoms with Gasteiger partial charge in [0, 0.05) is 26.2 Å². The minimum atomic E-state index is -0.285. The van der Waals surface area contributed by atoms with Gasteiger partial charge in [0.05, 0.1) is 26.0 Å². The maximum atomic E-state index is 6.33. The van der Waals surface area contributed by atoms with E-state index in [0.29, 0.717) is 0 Å². The lowest BCUT2D eigenvalue weighted by molar-refractivity contribution is -0.158. The number of hydrogen-bond donors (Lipinski definition) is 2. The largest absolute Gasteiger partial charge is 0.379 e. The highest BCUT2D eigenvalue weighted by molar-refractivity contribution is 4.85. The first-order valence-corrected chi connectivity index (χ1v) is 5.90. The molecule has 2 saturated heterocycles. The molecule has 6 nitrogen and oxygen atoms in total. The molecule has 0 atom stereocenters. The van der Waals surface area contributed by atoms with Crippen LogP contribution in [0.4, 0.5) is 0 Å². The van der Waals surface area contributed by atoms with Gasteiger partial charge in [-0.1, -0.05) is 0 Å². The van der Waals surface area contributed by atoms with Gasteiger partial charge in [-0.25, -0.2) is 10.4 Å². The molecule has 2 rings (SSSR count). The molecule has 0 aliphatic carbocycles. The van der Waals surface area contributed by atoms with Crippen LogP contribution in [-0.2, 0) is 9.57 Å². The summed E-state index contributed by atoms with van der Waals surface area (Å²) in [6, 6.07) is 0. The summed E-state index contributed by atoms with van der Waals surface area (Å²) in [5.41, 5.74) is 9.47. The molecular formula is C10H22N4O2. The minimum absolute atomic E-state index is 0.285. The van der Waals surface area contributed by atoms with Gasteiger partial charge in [0.15, 0.2) is 0 Å². The van der Waals surface area contributed by atoms with E-state index in [1.165, 1.54) is 0 Å². The smallest absolute Gasteiger partial charge is 0.0820 e. The lowest BCUT2D eigenvalue weighted by atomic mass is 10.00. The normalized spacial score (nSPS) is 28.1. The van der Waals surface area contributed by atoms with E-state index in [1.807, 2.05) is 5.06 Å². The van der Waals surface area contributed by atoms with Crippen molar-refractivity contribution in [2.45, 2.75) is 18.5 Å². The maximum absolute atomic E-state index is 6.33. The molecular weight excluding hydrogens is 208 g/mol. The Labute approximate surface area is 96.6 Å². The zero-order valence-corrected chi connectivity index (χ0v) is 9.95. The summed E-state index contributed by atoms with van der Waals surface area (Å²) in [6.45, 7) is 5.15. The van der Waals surface area contributed by atoms with Crippen LogP contribution < -0.4 is 11.2 Å². The third-order valence-electron chi connectivity index (χ3n) is 3.26. The van der Waals surface area contributed by atoms with Crippen molar-refractivity contribution in [2.75, 3.05) is 46.5 Å². The molecule has 0 aromatic carbocycles. The molecule has 0 saturated carbocycles. The van der Waals surface area contributed by atoms with Crippen molar-refractivity contribution in [3.8, 4) is 0 Å². The van der Waals surface area contributed by atoms with E-state index in [9.17, 15) is 0 Å². The van der Waals surface area contributed by atoms with Crippen LogP contribution >= 0.6 is 0 Å². The van der Waals surface area contributed by atoms with Gasteiger partial charge < -0.3 is 15.3 Å². The molecule has 0 unspecified atom stereocenters. The number of rotatable bonds is 3. The summed E-state index contributed by atoms with van der Waals surface area (Å²) in [4.78, 5) is 5.19. The fourth-order valence-corrected chi connectivity index (χ4v) is 2.17. The molecule has 0 radical (unpaired) electrons. The zero-order chi connectivity index (χ0) is 11.4. The number of nitrogens with one attached hydrogen (secondary N) is 1. The van der Waals surface area contributed by atoms with Gasteiger partial charge in [0.25, 0.3) is 0 Å². The quantitative estimate of drug-likeness (QED) is 0.615. The minimum Gasteiger partial charge on any atom is -0.379 e. The molecule has 94 valence electrons. The molecule has 0 spiro atoms. The Morgan fingerprint density at radius 3 is 2.38 bits per heavy atom. The zero-order valence-electron chi connectivity index (χ0n) is 9.95. The summed E-state index contributed by atoms with van der Waals surface area (Å²) in [5, 5.41) is 4.12. The number of hydrogen-bond acceptors (Lipinski definition) is 6. The Morgan fingerprint density at radius 1 is 1.19 bits per heavy atom. The van der Waals surface area contributed by atoms with E-state index in [1.54, 1.807) is 7.11 Å². The molecule has 2 aliphatic heterocycles. The van der Waals surface area contributed by atoms with Crippen molar-refractivity contribution in [1.29, 1.82) is 0 Å². The first kappa shape index (κ1) is 12.2. The van der Waals surface area contributed by atoms with E-state index in [-0.39, 0.29) is 5.66 Å². The summed E-state index contributed by atoms with van der Waals surface area (Å²) < 4.78 is 5.31. The van der Waals surface area contributed by atoms with E-state index in [4.69, 9.17) is 15.3 Å². The second kappa shape index (κ2) is 5.39. The van der Waals surface area contributed by atoms with Crippen LogP contribution in [0.3, 0.4) is 0 Å².